The van der Waals surface area contributed by atoms with Crippen LogP contribution in [0.25, 0.3) is 0 Å². The number of anilines is 1. The van der Waals surface area contributed by atoms with E-state index in [0.717, 1.165) is 6.20 Å². The first-order valence-corrected chi connectivity index (χ1v) is 8.33. The summed E-state index contributed by atoms with van der Waals surface area (Å²) in [5, 5.41) is 0. The summed E-state index contributed by atoms with van der Waals surface area (Å²) < 4.78 is 24.2. The van der Waals surface area contributed by atoms with Crippen molar-refractivity contribution in [2.45, 2.75) is 45.3 Å². The monoisotopic (exact) mass is 351 g/mol. The Morgan fingerprint density at radius 3 is 2.68 bits per heavy atom. The van der Waals surface area contributed by atoms with Crippen molar-refractivity contribution in [3.63, 3.8) is 0 Å². The van der Waals surface area contributed by atoms with Crippen molar-refractivity contribution in [3.8, 4) is 5.88 Å². The number of ether oxygens (including phenoxy) is 2. The number of fused-ring (bicyclic) bond motifs is 1. The smallest absolute Gasteiger partial charge is 0.410 e. The average Bonchev–Trinajstić information content (AvgIpc) is 2.53. The fraction of sp³-hybridized carbons (Fsp3) is 0.588. The highest BCUT2D eigenvalue weighted by atomic mass is 19.1. The maximum Gasteiger partial charge on any atom is 0.410 e. The van der Waals surface area contributed by atoms with Crippen molar-refractivity contribution in [2.75, 3.05) is 24.6 Å². The van der Waals surface area contributed by atoms with E-state index in [1.54, 1.807) is 9.80 Å². The minimum Gasteiger partial charge on any atom is -0.466 e. The minimum atomic E-state index is -0.545. The Balaban J connectivity index is 1.70. The van der Waals surface area contributed by atoms with E-state index in [2.05, 4.69) is 4.98 Å². The molecule has 1 aromatic rings. The van der Waals surface area contributed by atoms with Gasteiger partial charge in [0.1, 0.15) is 17.1 Å². The van der Waals surface area contributed by atoms with Crippen LogP contribution in [0.15, 0.2) is 12.3 Å². The molecule has 1 aromatic heterocycles. The fourth-order valence-electron chi connectivity index (χ4n) is 3.07. The molecular weight excluding hydrogens is 329 g/mol. The van der Waals surface area contributed by atoms with Crippen LogP contribution in [-0.2, 0) is 9.53 Å². The van der Waals surface area contributed by atoms with Gasteiger partial charge in [0.05, 0.1) is 6.20 Å². The number of likely N-dealkylation sites (tertiary alicyclic amines) is 1. The van der Waals surface area contributed by atoms with E-state index in [1.807, 2.05) is 20.8 Å². The van der Waals surface area contributed by atoms with Crippen LogP contribution in [0.4, 0.5) is 14.9 Å². The topological polar surface area (TPSA) is 72.0 Å². The van der Waals surface area contributed by atoms with E-state index < -0.39 is 11.4 Å². The van der Waals surface area contributed by atoms with Gasteiger partial charge in [-0.05, 0) is 33.6 Å². The van der Waals surface area contributed by atoms with Gasteiger partial charge in [-0.2, -0.15) is 0 Å². The molecule has 3 heterocycles. The molecule has 2 amide bonds. The number of nitrogens with zero attached hydrogens (tertiary/aromatic N) is 3. The maximum absolute atomic E-state index is 13.6. The third-order valence-electron chi connectivity index (χ3n) is 4.14. The lowest BCUT2D eigenvalue weighted by atomic mass is 10.0. The largest absolute Gasteiger partial charge is 0.466 e. The number of rotatable bonds is 1. The van der Waals surface area contributed by atoms with Crippen molar-refractivity contribution in [2.24, 2.45) is 0 Å². The average molecular weight is 351 g/mol. The number of hydrogen-bond donors (Lipinski definition) is 0. The number of pyridine rings is 1. The van der Waals surface area contributed by atoms with E-state index in [1.165, 1.54) is 6.07 Å². The molecule has 0 atom stereocenters. The number of piperidine rings is 1. The highest BCUT2D eigenvalue weighted by molar-refractivity contribution is 5.98. The minimum absolute atomic E-state index is 0.113. The van der Waals surface area contributed by atoms with Gasteiger partial charge >= 0.3 is 6.09 Å². The van der Waals surface area contributed by atoms with Gasteiger partial charge in [0.25, 0.3) is 5.91 Å². The van der Waals surface area contributed by atoms with Crippen molar-refractivity contribution in [1.82, 2.24) is 9.88 Å². The summed E-state index contributed by atoms with van der Waals surface area (Å²) in [6.07, 6.45) is 1.88. The van der Waals surface area contributed by atoms with Crippen molar-refractivity contribution < 1.29 is 23.5 Å². The van der Waals surface area contributed by atoms with E-state index in [-0.39, 0.29) is 30.5 Å². The Hall–Kier alpha value is -2.38. The van der Waals surface area contributed by atoms with Gasteiger partial charge in [0.2, 0.25) is 5.88 Å². The summed E-state index contributed by atoms with van der Waals surface area (Å²) in [6, 6.07) is 1.14. The maximum atomic E-state index is 13.6. The van der Waals surface area contributed by atoms with E-state index in [0.29, 0.717) is 31.6 Å². The lowest BCUT2D eigenvalue weighted by Crippen LogP contribution is -2.52. The standard InChI is InChI=1S/C17H22FN3O4/c1-17(2,3)25-16(23)20-6-4-12(5-7-20)21-13-8-11(18)9-19-15(13)24-10-14(21)22/h8-9,12H,4-7,10H2,1-3H3. The molecule has 0 aliphatic carbocycles. The number of aromatic nitrogens is 1. The van der Waals surface area contributed by atoms with Crippen LogP contribution in [0.2, 0.25) is 0 Å². The summed E-state index contributed by atoms with van der Waals surface area (Å²) in [6.45, 7) is 6.30. The zero-order valence-corrected chi connectivity index (χ0v) is 14.6. The van der Waals surface area contributed by atoms with Crippen LogP contribution in [-0.4, -0.2) is 53.2 Å². The second-order valence-electron chi connectivity index (χ2n) is 7.23. The Kier molecular flexibility index (Phi) is 4.53. The summed E-state index contributed by atoms with van der Waals surface area (Å²) >= 11 is 0. The molecule has 0 N–H and O–H groups in total. The van der Waals surface area contributed by atoms with Gasteiger partial charge in [-0.15, -0.1) is 0 Å². The van der Waals surface area contributed by atoms with Gasteiger partial charge in [0, 0.05) is 25.2 Å². The first kappa shape index (κ1) is 17.4. The van der Waals surface area contributed by atoms with Crippen LogP contribution < -0.4 is 9.64 Å². The molecule has 1 saturated heterocycles. The number of hydrogen-bond acceptors (Lipinski definition) is 5. The number of carbonyl (C=O) groups is 2. The first-order chi connectivity index (χ1) is 11.7. The summed E-state index contributed by atoms with van der Waals surface area (Å²) in [5.41, 5.74) is -0.192. The number of halogens is 1. The zero-order valence-electron chi connectivity index (χ0n) is 14.6. The summed E-state index contributed by atoms with van der Waals surface area (Å²) in [7, 11) is 0. The van der Waals surface area contributed by atoms with Gasteiger partial charge in [-0.25, -0.2) is 14.2 Å². The Labute approximate surface area is 145 Å². The van der Waals surface area contributed by atoms with Crippen LogP contribution in [0.1, 0.15) is 33.6 Å². The highest BCUT2D eigenvalue weighted by Gasteiger charge is 2.36. The quantitative estimate of drug-likeness (QED) is 0.777. The van der Waals surface area contributed by atoms with Crippen molar-refractivity contribution in [3.05, 3.63) is 18.1 Å². The molecule has 0 saturated carbocycles. The fourth-order valence-corrected chi connectivity index (χ4v) is 3.07. The molecule has 0 aromatic carbocycles. The third kappa shape index (κ3) is 3.83. The second kappa shape index (κ2) is 6.50. The van der Waals surface area contributed by atoms with E-state index >= 15 is 0 Å². The highest BCUT2D eigenvalue weighted by Crippen LogP contribution is 2.34. The van der Waals surface area contributed by atoms with Gasteiger partial charge in [0.15, 0.2) is 6.61 Å². The molecule has 0 unspecified atom stereocenters. The molecule has 1 fully saturated rings. The Morgan fingerprint density at radius 2 is 2.04 bits per heavy atom. The molecule has 25 heavy (non-hydrogen) atoms. The van der Waals surface area contributed by atoms with Gasteiger partial charge in [-0.3, -0.25) is 4.79 Å². The zero-order chi connectivity index (χ0) is 18.2. The molecule has 8 heteroatoms. The second-order valence-corrected chi connectivity index (χ2v) is 7.23. The SMILES string of the molecule is CC(C)(C)OC(=O)N1CCC(N2C(=O)COc3ncc(F)cc32)CC1. The molecule has 3 rings (SSSR count). The lowest BCUT2D eigenvalue weighted by Gasteiger charge is -2.40. The number of carbonyl (C=O) groups excluding carboxylic acids is 2. The molecule has 136 valence electrons. The normalized spacial score (nSPS) is 18.6. The van der Waals surface area contributed by atoms with Crippen LogP contribution in [0.5, 0.6) is 5.88 Å². The van der Waals surface area contributed by atoms with Gasteiger partial charge in [-0.1, -0.05) is 0 Å². The van der Waals surface area contributed by atoms with E-state index in [9.17, 15) is 14.0 Å². The summed E-state index contributed by atoms with van der Waals surface area (Å²) in [4.78, 5) is 31.6. The molecule has 2 aliphatic rings. The molecule has 0 radical (unpaired) electrons. The van der Waals surface area contributed by atoms with Crippen molar-refractivity contribution >= 4 is 17.7 Å². The van der Waals surface area contributed by atoms with Crippen molar-refractivity contribution in [1.29, 1.82) is 0 Å². The first-order valence-electron chi connectivity index (χ1n) is 8.33. The molecule has 0 bridgehead atoms. The Morgan fingerprint density at radius 1 is 1.36 bits per heavy atom. The number of amides is 2. The third-order valence-corrected chi connectivity index (χ3v) is 4.14. The Bertz CT molecular complexity index is 681. The van der Waals surface area contributed by atoms with E-state index in [4.69, 9.17) is 9.47 Å². The molecular formula is C17H22FN3O4. The molecule has 7 nitrogen and oxygen atoms in total. The summed E-state index contributed by atoms with van der Waals surface area (Å²) in [5.74, 6) is -0.487. The van der Waals surface area contributed by atoms with Crippen LogP contribution in [0.3, 0.4) is 0 Å². The molecule has 0 spiro atoms. The lowest BCUT2D eigenvalue weighted by molar-refractivity contribution is -0.122. The van der Waals surface area contributed by atoms with Gasteiger partial charge < -0.3 is 19.3 Å². The predicted octanol–water partition coefficient (Wildman–Crippen LogP) is 2.35. The van der Waals surface area contributed by atoms with Crippen LogP contribution in [0, 0.1) is 5.82 Å². The molecule has 2 aliphatic heterocycles. The van der Waals surface area contributed by atoms with Crippen LogP contribution >= 0.6 is 0 Å². The predicted molar refractivity (Wildman–Crippen MR) is 88.0 cm³/mol.